The third kappa shape index (κ3) is 2.96. The van der Waals surface area contributed by atoms with Crippen LogP contribution in [0.2, 0.25) is 0 Å². The van der Waals surface area contributed by atoms with Crippen LogP contribution in [0, 0.1) is 11.3 Å². The molecule has 0 unspecified atom stereocenters. The smallest absolute Gasteiger partial charge is 0.124 e. The first-order chi connectivity index (χ1) is 10.5. The minimum atomic E-state index is 0.577. The van der Waals surface area contributed by atoms with E-state index in [1.807, 2.05) is 0 Å². The average molecular weight is 302 g/mol. The number of hydrogen-bond acceptors (Lipinski definition) is 3. The third-order valence-electron chi connectivity index (χ3n) is 5.21. The Balaban J connectivity index is 1.52. The van der Waals surface area contributed by atoms with Crippen LogP contribution in [0.15, 0.2) is 18.2 Å². The van der Waals surface area contributed by atoms with E-state index in [0.29, 0.717) is 5.41 Å². The van der Waals surface area contributed by atoms with E-state index in [4.69, 9.17) is 4.74 Å². The van der Waals surface area contributed by atoms with Gasteiger partial charge in [-0.15, -0.1) is 0 Å². The fourth-order valence-electron chi connectivity index (χ4n) is 3.87. The van der Waals surface area contributed by atoms with Crippen molar-refractivity contribution in [3.63, 3.8) is 0 Å². The highest BCUT2D eigenvalue weighted by atomic mass is 16.5. The molecule has 0 bridgehead atoms. The van der Waals surface area contributed by atoms with Gasteiger partial charge in [-0.1, -0.05) is 26.8 Å². The van der Waals surface area contributed by atoms with Gasteiger partial charge in [-0.05, 0) is 36.9 Å². The average Bonchev–Trinajstić information content (AvgIpc) is 2.43. The van der Waals surface area contributed by atoms with Gasteiger partial charge in [0, 0.05) is 43.3 Å². The third-order valence-corrected chi connectivity index (χ3v) is 5.21. The Labute approximate surface area is 135 Å². The summed E-state index contributed by atoms with van der Waals surface area (Å²) in [5.41, 5.74) is 3.19. The number of hydrogen-bond donors (Lipinski definition) is 0. The molecular weight excluding hydrogens is 272 g/mol. The van der Waals surface area contributed by atoms with Gasteiger partial charge in [-0.3, -0.25) is 0 Å². The molecule has 2 heterocycles. The normalized spacial score (nSPS) is 20.1. The maximum atomic E-state index is 5.52. The number of benzene rings is 1. The molecule has 2 saturated heterocycles. The summed E-state index contributed by atoms with van der Waals surface area (Å²) >= 11 is 0. The first-order valence-corrected chi connectivity index (χ1v) is 8.69. The summed E-state index contributed by atoms with van der Waals surface area (Å²) in [7, 11) is 1.77. The van der Waals surface area contributed by atoms with Crippen molar-refractivity contribution in [2.45, 2.75) is 33.6 Å². The quantitative estimate of drug-likeness (QED) is 0.801. The zero-order valence-electron chi connectivity index (χ0n) is 14.6. The zero-order valence-corrected chi connectivity index (χ0v) is 14.6. The van der Waals surface area contributed by atoms with Gasteiger partial charge in [-0.2, -0.15) is 0 Å². The van der Waals surface area contributed by atoms with Crippen LogP contribution < -0.4 is 9.64 Å². The van der Waals surface area contributed by atoms with Crippen LogP contribution in [0.1, 0.15) is 32.8 Å². The summed E-state index contributed by atoms with van der Waals surface area (Å²) in [6.45, 7) is 13.1. The van der Waals surface area contributed by atoms with E-state index in [0.717, 1.165) is 18.1 Å². The van der Waals surface area contributed by atoms with Crippen molar-refractivity contribution < 1.29 is 4.74 Å². The summed E-state index contributed by atoms with van der Waals surface area (Å²) in [4.78, 5) is 5.12. The number of aryl methyl sites for hydroxylation is 1. The molecule has 1 aromatic rings. The summed E-state index contributed by atoms with van der Waals surface area (Å²) in [6.07, 6.45) is 2.35. The van der Waals surface area contributed by atoms with E-state index in [-0.39, 0.29) is 0 Å². The molecule has 2 fully saturated rings. The summed E-state index contributed by atoms with van der Waals surface area (Å²) < 4.78 is 5.52. The lowest BCUT2D eigenvalue weighted by atomic mass is 9.72. The monoisotopic (exact) mass is 302 g/mol. The van der Waals surface area contributed by atoms with Crippen LogP contribution >= 0.6 is 0 Å². The van der Waals surface area contributed by atoms with E-state index < -0.39 is 0 Å². The number of methoxy groups -OCH3 is 1. The van der Waals surface area contributed by atoms with Gasteiger partial charge in [0.1, 0.15) is 5.75 Å². The van der Waals surface area contributed by atoms with Gasteiger partial charge >= 0.3 is 0 Å². The molecule has 2 aliphatic rings. The van der Waals surface area contributed by atoms with Gasteiger partial charge in [0.15, 0.2) is 0 Å². The molecule has 1 aromatic carbocycles. The molecule has 0 saturated carbocycles. The molecule has 0 aromatic heterocycles. The van der Waals surface area contributed by atoms with E-state index in [2.05, 4.69) is 48.8 Å². The van der Waals surface area contributed by atoms with E-state index in [1.165, 1.54) is 50.4 Å². The fraction of sp³-hybridized carbons (Fsp3) is 0.684. The number of ether oxygens (including phenoxy) is 1. The molecule has 0 radical (unpaired) electrons. The molecule has 22 heavy (non-hydrogen) atoms. The maximum Gasteiger partial charge on any atom is 0.124 e. The minimum absolute atomic E-state index is 0.577. The van der Waals surface area contributed by atoms with Crippen molar-refractivity contribution in [1.82, 2.24) is 4.90 Å². The summed E-state index contributed by atoms with van der Waals surface area (Å²) in [5.74, 6) is 1.85. The van der Waals surface area contributed by atoms with Gasteiger partial charge in [0.05, 0.1) is 7.11 Å². The zero-order chi connectivity index (χ0) is 15.7. The summed E-state index contributed by atoms with van der Waals surface area (Å²) in [5, 5.41) is 0. The second kappa shape index (κ2) is 6.11. The Kier molecular flexibility index (Phi) is 4.35. The number of nitrogens with zero attached hydrogens (tertiary/aromatic N) is 2. The highest BCUT2D eigenvalue weighted by Gasteiger charge is 2.51. The molecule has 0 N–H and O–H groups in total. The predicted molar refractivity (Wildman–Crippen MR) is 92.9 cm³/mol. The molecule has 0 amide bonds. The maximum absolute atomic E-state index is 5.52. The highest BCUT2D eigenvalue weighted by molar-refractivity contribution is 5.56. The Morgan fingerprint density at radius 2 is 1.91 bits per heavy atom. The van der Waals surface area contributed by atoms with E-state index in [1.54, 1.807) is 7.11 Å². The Hall–Kier alpha value is -1.22. The largest absolute Gasteiger partial charge is 0.496 e. The van der Waals surface area contributed by atoms with Crippen molar-refractivity contribution in [3.05, 3.63) is 23.8 Å². The Bertz CT molecular complexity index is 512. The van der Waals surface area contributed by atoms with Crippen molar-refractivity contribution in [2.24, 2.45) is 11.3 Å². The van der Waals surface area contributed by atoms with Gasteiger partial charge < -0.3 is 14.5 Å². The first kappa shape index (κ1) is 15.7. The van der Waals surface area contributed by atoms with Crippen molar-refractivity contribution in [2.75, 3.05) is 44.7 Å². The lowest BCUT2D eigenvalue weighted by Crippen LogP contribution is -2.72. The molecule has 122 valence electrons. The van der Waals surface area contributed by atoms with Crippen molar-refractivity contribution in [3.8, 4) is 5.75 Å². The van der Waals surface area contributed by atoms with Crippen molar-refractivity contribution >= 4 is 5.69 Å². The van der Waals surface area contributed by atoms with Gasteiger partial charge in [-0.25, -0.2) is 0 Å². The SMILES string of the molecule is CCc1ccc(N2CC3(CN(CCC(C)C)C3)C2)cc1OC. The molecule has 3 heteroatoms. The van der Waals surface area contributed by atoms with Gasteiger partial charge in [0.2, 0.25) is 0 Å². The van der Waals surface area contributed by atoms with Crippen LogP contribution in [0.25, 0.3) is 0 Å². The fourth-order valence-corrected chi connectivity index (χ4v) is 3.87. The standard InChI is InChI=1S/C19H30N2O/c1-5-16-6-7-17(10-18(16)22-4)21-13-19(14-21)11-20(12-19)9-8-15(2)3/h6-7,10,15H,5,8-9,11-14H2,1-4H3. The molecular formula is C19H30N2O. The van der Waals surface area contributed by atoms with Crippen LogP contribution in [0.3, 0.4) is 0 Å². The molecule has 2 aliphatic heterocycles. The minimum Gasteiger partial charge on any atom is -0.496 e. The number of anilines is 1. The number of likely N-dealkylation sites (tertiary alicyclic amines) is 1. The lowest BCUT2D eigenvalue weighted by molar-refractivity contribution is -0.0237. The second-order valence-corrected chi connectivity index (χ2v) is 7.60. The first-order valence-electron chi connectivity index (χ1n) is 8.69. The summed E-state index contributed by atoms with van der Waals surface area (Å²) in [6, 6.07) is 6.68. The van der Waals surface area contributed by atoms with Crippen LogP contribution in [-0.2, 0) is 6.42 Å². The predicted octanol–water partition coefficient (Wildman–Crippen LogP) is 3.43. The lowest BCUT2D eigenvalue weighted by Gasteiger charge is -2.61. The van der Waals surface area contributed by atoms with E-state index >= 15 is 0 Å². The van der Waals surface area contributed by atoms with Crippen LogP contribution in [0.5, 0.6) is 5.75 Å². The van der Waals surface area contributed by atoms with Crippen molar-refractivity contribution in [1.29, 1.82) is 0 Å². The molecule has 1 spiro atoms. The Morgan fingerprint density at radius 3 is 2.50 bits per heavy atom. The van der Waals surface area contributed by atoms with E-state index in [9.17, 15) is 0 Å². The van der Waals surface area contributed by atoms with Crippen LogP contribution in [-0.4, -0.2) is 44.7 Å². The second-order valence-electron chi connectivity index (χ2n) is 7.60. The molecule has 0 aliphatic carbocycles. The molecule has 3 rings (SSSR count). The molecule has 3 nitrogen and oxygen atoms in total. The van der Waals surface area contributed by atoms with Crippen LogP contribution in [0.4, 0.5) is 5.69 Å². The highest BCUT2D eigenvalue weighted by Crippen LogP contribution is 2.42. The van der Waals surface area contributed by atoms with Gasteiger partial charge in [0.25, 0.3) is 0 Å². The topological polar surface area (TPSA) is 15.7 Å². The number of rotatable bonds is 6. The Morgan fingerprint density at radius 1 is 1.18 bits per heavy atom. The molecule has 0 atom stereocenters.